The second kappa shape index (κ2) is 2.38. The van der Waals surface area contributed by atoms with E-state index in [-0.39, 0.29) is 17.3 Å². The first kappa shape index (κ1) is 7.21. The van der Waals surface area contributed by atoms with Crippen molar-refractivity contribution in [2.24, 2.45) is 0 Å². The number of rotatable bonds is 0. The standard InChI is InChI=1S/C5H4FN5/c6-3-2(1-7)4(8)11-5(9)10-3/h(H4,8,9,10,11). The predicted octanol–water partition coefficient (Wildman–Crippen LogP) is -0.348. The number of halogens is 1. The van der Waals surface area contributed by atoms with Gasteiger partial charge in [-0.2, -0.15) is 19.6 Å². The predicted molar refractivity (Wildman–Crippen MR) is 35.5 cm³/mol. The van der Waals surface area contributed by atoms with Crippen LogP contribution in [0.2, 0.25) is 0 Å². The monoisotopic (exact) mass is 153 g/mol. The highest BCUT2D eigenvalue weighted by atomic mass is 19.1. The Bertz CT molecular complexity index is 305. The summed E-state index contributed by atoms with van der Waals surface area (Å²) in [6.07, 6.45) is 0. The maximum Gasteiger partial charge on any atom is 0.237 e. The molecule has 0 bridgehead atoms. The summed E-state index contributed by atoms with van der Waals surface area (Å²) in [6, 6.07) is 1.51. The molecule has 1 heterocycles. The molecule has 11 heavy (non-hydrogen) atoms. The van der Waals surface area contributed by atoms with Gasteiger partial charge < -0.3 is 11.5 Å². The topological polar surface area (TPSA) is 102 Å². The Labute approximate surface area is 61.5 Å². The molecule has 0 amide bonds. The first-order valence-corrected chi connectivity index (χ1v) is 2.63. The van der Waals surface area contributed by atoms with Crippen LogP contribution in [0.5, 0.6) is 0 Å². The number of nitrogens with two attached hydrogens (primary N) is 2. The van der Waals surface area contributed by atoms with Gasteiger partial charge in [-0.15, -0.1) is 0 Å². The van der Waals surface area contributed by atoms with Crippen LogP contribution in [-0.2, 0) is 0 Å². The number of hydrogen-bond donors (Lipinski definition) is 2. The lowest BCUT2D eigenvalue weighted by atomic mass is 10.3. The normalized spacial score (nSPS) is 9.09. The molecule has 0 aliphatic rings. The summed E-state index contributed by atoms with van der Waals surface area (Å²) in [4.78, 5) is 6.49. The van der Waals surface area contributed by atoms with Crippen LogP contribution in [0.25, 0.3) is 0 Å². The van der Waals surface area contributed by atoms with Gasteiger partial charge >= 0.3 is 0 Å². The fourth-order valence-corrected chi connectivity index (χ4v) is 0.570. The van der Waals surface area contributed by atoms with Crippen LogP contribution in [0.4, 0.5) is 16.2 Å². The Balaban J connectivity index is 3.40. The van der Waals surface area contributed by atoms with Crippen molar-refractivity contribution in [2.75, 3.05) is 11.5 Å². The molecule has 0 fully saturated rings. The lowest BCUT2D eigenvalue weighted by Crippen LogP contribution is -2.05. The fourth-order valence-electron chi connectivity index (χ4n) is 0.570. The van der Waals surface area contributed by atoms with Gasteiger partial charge in [0.05, 0.1) is 0 Å². The molecule has 1 aromatic rings. The van der Waals surface area contributed by atoms with E-state index in [0.717, 1.165) is 0 Å². The number of nitrogen functional groups attached to an aromatic ring is 2. The number of nitriles is 1. The molecule has 6 heteroatoms. The van der Waals surface area contributed by atoms with Crippen molar-refractivity contribution in [2.45, 2.75) is 0 Å². The van der Waals surface area contributed by atoms with Gasteiger partial charge in [0, 0.05) is 0 Å². The van der Waals surface area contributed by atoms with Gasteiger partial charge in [-0.25, -0.2) is 0 Å². The van der Waals surface area contributed by atoms with Crippen LogP contribution in [0, 0.1) is 17.3 Å². The first-order valence-electron chi connectivity index (χ1n) is 2.63. The van der Waals surface area contributed by atoms with Crippen molar-refractivity contribution in [1.29, 1.82) is 5.26 Å². The zero-order valence-electron chi connectivity index (χ0n) is 5.37. The van der Waals surface area contributed by atoms with E-state index in [0.29, 0.717) is 0 Å². The van der Waals surface area contributed by atoms with Gasteiger partial charge in [-0.05, 0) is 0 Å². The van der Waals surface area contributed by atoms with Crippen molar-refractivity contribution in [3.63, 3.8) is 0 Å². The van der Waals surface area contributed by atoms with Gasteiger partial charge in [0.1, 0.15) is 17.5 Å². The molecule has 0 atom stereocenters. The number of anilines is 2. The van der Waals surface area contributed by atoms with Crippen LogP contribution >= 0.6 is 0 Å². The summed E-state index contributed by atoms with van der Waals surface area (Å²) in [6.45, 7) is 0. The van der Waals surface area contributed by atoms with Gasteiger partial charge in [0.2, 0.25) is 11.9 Å². The van der Waals surface area contributed by atoms with E-state index in [1.807, 2.05) is 0 Å². The molecule has 0 radical (unpaired) electrons. The SMILES string of the molecule is N#Cc1c(N)nc(N)nc1F. The lowest BCUT2D eigenvalue weighted by molar-refractivity contribution is 0.579. The third-order valence-corrected chi connectivity index (χ3v) is 1.02. The summed E-state index contributed by atoms with van der Waals surface area (Å²) in [5.74, 6) is -1.51. The molecule has 4 N–H and O–H groups in total. The summed E-state index contributed by atoms with van der Waals surface area (Å²) in [5.41, 5.74) is 9.79. The van der Waals surface area contributed by atoms with E-state index < -0.39 is 5.95 Å². The van der Waals surface area contributed by atoms with E-state index in [1.165, 1.54) is 6.07 Å². The molecule has 0 unspecified atom stereocenters. The average molecular weight is 153 g/mol. The summed E-state index contributed by atoms with van der Waals surface area (Å²) >= 11 is 0. The van der Waals surface area contributed by atoms with Gasteiger partial charge in [0.25, 0.3) is 0 Å². The molecule has 0 saturated carbocycles. The molecule has 1 rings (SSSR count). The number of hydrogen-bond acceptors (Lipinski definition) is 5. The van der Waals surface area contributed by atoms with E-state index in [9.17, 15) is 4.39 Å². The van der Waals surface area contributed by atoms with Crippen LogP contribution in [-0.4, -0.2) is 9.97 Å². The van der Waals surface area contributed by atoms with E-state index in [4.69, 9.17) is 16.7 Å². The Morgan fingerprint density at radius 1 is 1.36 bits per heavy atom. The van der Waals surface area contributed by atoms with Crippen LogP contribution < -0.4 is 11.5 Å². The smallest absolute Gasteiger partial charge is 0.237 e. The molecular formula is C5H4FN5. The summed E-state index contributed by atoms with van der Waals surface area (Å²) in [7, 11) is 0. The number of aromatic nitrogens is 2. The minimum absolute atomic E-state index is 0.238. The number of nitrogens with zero attached hydrogens (tertiary/aromatic N) is 3. The zero-order valence-corrected chi connectivity index (χ0v) is 5.37. The molecule has 1 aromatic heterocycles. The van der Waals surface area contributed by atoms with Crippen LogP contribution in [0.15, 0.2) is 0 Å². The highest BCUT2D eigenvalue weighted by molar-refractivity contribution is 5.49. The van der Waals surface area contributed by atoms with Gasteiger partial charge in [0.15, 0.2) is 0 Å². The van der Waals surface area contributed by atoms with Crippen molar-refractivity contribution in [3.05, 3.63) is 11.5 Å². The Kier molecular flexibility index (Phi) is 1.56. The fraction of sp³-hybridized carbons (Fsp3) is 0. The first-order chi connectivity index (χ1) is 5.15. The highest BCUT2D eigenvalue weighted by Gasteiger charge is 2.09. The average Bonchev–Trinajstić information content (AvgIpc) is 1.85. The maximum atomic E-state index is 12.6. The van der Waals surface area contributed by atoms with Crippen molar-refractivity contribution in [3.8, 4) is 6.07 Å². The highest BCUT2D eigenvalue weighted by Crippen LogP contribution is 2.10. The lowest BCUT2D eigenvalue weighted by Gasteiger charge is -1.97. The van der Waals surface area contributed by atoms with E-state index in [1.54, 1.807) is 0 Å². The maximum absolute atomic E-state index is 12.6. The van der Waals surface area contributed by atoms with E-state index >= 15 is 0 Å². The van der Waals surface area contributed by atoms with Gasteiger partial charge in [-0.3, -0.25) is 0 Å². The Hall–Kier alpha value is -1.90. The molecule has 0 aromatic carbocycles. The second-order valence-corrected chi connectivity index (χ2v) is 1.74. The minimum atomic E-state index is -0.988. The second-order valence-electron chi connectivity index (χ2n) is 1.74. The van der Waals surface area contributed by atoms with Crippen molar-refractivity contribution < 1.29 is 4.39 Å². The molecule has 5 nitrogen and oxygen atoms in total. The molecular weight excluding hydrogens is 149 g/mol. The van der Waals surface area contributed by atoms with Crippen molar-refractivity contribution in [1.82, 2.24) is 9.97 Å². The third kappa shape index (κ3) is 1.16. The quantitative estimate of drug-likeness (QED) is 0.496. The Morgan fingerprint density at radius 3 is 2.45 bits per heavy atom. The van der Waals surface area contributed by atoms with Crippen LogP contribution in [0.3, 0.4) is 0 Å². The molecule has 0 aliphatic heterocycles. The largest absolute Gasteiger partial charge is 0.382 e. The zero-order chi connectivity index (χ0) is 8.43. The third-order valence-electron chi connectivity index (χ3n) is 1.02. The summed E-state index contributed by atoms with van der Waals surface area (Å²) < 4.78 is 12.6. The molecule has 0 spiro atoms. The minimum Gasteiger partial charge on any atom is -0.382 e. The van der Waals surface area contributed by atoms with Crippen LogP contribution in [0.1, 0.15) is 5.56 Å². The molecule has 0 saturated heterocycles. The Morgan fingerprint density at radius 2 is 2.00 bits per heavy atom. The van der Waals surface area contributed by atoms with Crippen molar-refractivity contribution >= 4 is 11.8 Å². The van der Waals surface area contributed by atoms with E-state index in [2.05, 4.69) is 9.97 Å². The van der Waals surface area contributed by atoms with Gasteiger partial charge in [-0.1, -0.05) is 0 Å². The summed E-state index contributed by atoms with van der Waals surface area (Å²) in [5, 5.41) is 8.30. The molecule has 0 aliphatic carbocycles. The molecule has 56 valence electrons.